The zero-order valence-corrected chi connectivity index (χ0v) is 10.4. The van der Waals surface area contributed by atoms with Crippen molar-refractivity contribution in [2.24, 2.45) is 0 Å². The van der Waals surface area contributed by atoms with E-state index in [1.54, 1.807) is 26.3 Å². The lowest BCUT2D eigenvalue weighted by atomic mass is 10.2. The summed E-state index contributed by atoms with van der Waals surface area (Å²) in [6.45, 7) is 0.666. The van der Waals surface area contributed by atoms with E-state index in [1.807, 2.05) is 13.1 Å². The van der Waals surface area contributed by atoms with Crippen LogP contribution in [0.2, 0.25) is 0 Å². The van der Waals surface area contributed by atoms with Crippen molar-refractivity contribution in [2.75, 3.05) is 27.8 Å². The van der Waals surface area contributed by atoms with Gasteiger partial charge < -0.3 is 20.1 Å². The summed E-state index contributed by atoms with van der Waals surface area (Å²) in [5, 5.41) is 5.55. The predicted octanol–water partition coefficient (Wildman–Crippen LogP) is 0.539. The van der Waals surface area contributed by atoms with Crippen LogP contribution in [0, 0.1) is 0 Å². The standard InChI is InChI=1S/C12H18N2O3/c1-13-7-9-6-10(16-3)4-5-11(9)17-8-12(15)14-2/h4-6,13H,7-8H2,1-3H3,(H,14,15). The fourth-order valence-electron chi connectivity index (χ4n) is 1.37. The first-order valence-corrected chi connectivity index (χ1v) is 5.36. The number of likely N-dealkylation sites (N-methyl/N-ethyl adjacent to an activating group) is 1. The van der Waals surface area contributed by atoms with Gasteiger partial charge in [-0.25, -0.2) is 0 Å². The fourth-order valence-corrected chi connectivity index (χ4v) is 1.37. The Balaban J connectivity index is 2.78. The highest BCUT2D eigenvalue weighted by Gasteiger charge is 2.07. The number of hydrogen-bond donors (Lipinski definition) is 2. The number of rotatable bonds is 6. The summed E-state index contributed by atoms with van der Waals surface area (Å²) in [6, 6.07) is 5.49. The van der Waals surface area contributed by atoms with Gasteiger partial charge in [0.25, 0.3) is 5.91 Å². The first-order valence-electron chi connectivity index (χ1n) is 5.36. The Morgan fingerprint density at radius 2 is 2.12 bits per heavy atom. The minimum Gasteiger partial charge on any atom is -0.497 e. The molecule has 1 rings (SSSR count). The monoisotopic (exact) mass is 238 g/mol. The van der Waals surface area contributed by atoms with Gasteiger partial charge in [0.1, 0.15) is 11.5 Å². The maximum Gasteiger partial charge on any atom is 0.257 e. The van der Waals surface area contributed by atoms with E-state index in [-0.39, 0.29) is 12.5 Å². The van der Waals surface area contributed by atoms with Crippen molar-refractivity contribution in [1.82, 2.24) is 10.6 Å². The Kier molecular flexibility index (Phi) is 5.29. The number of methoxy groups -OCH3 is 1. The highest BCUT2D eigenvalue weighted by molar-refractivity contribution is 5.77. The molecule has 0 bridgehead atoms. The number of ether oxygens (including phenoxy) is 2. The second-order valence-corrected chi connectivity index (χ2v) is 3.47. The van der Waals surface area contributed by atoms with Crippen molar-refractivity contribution in [1.29, 1.82) is 0 Å². The van der Waals surface area contributed by atoms with Crippen LogP contribution in [0.1, 0.15) is 5.56 Å². The molecule has 0 aliphatic carbocycles. The molecule has 0 aromatic heterocycles. The Morgan fingerprint density at radius 1 is 1.35 bits per heavy atom. The molecule has 1 amide bonds. The summed E-state index contributed by atoms with van der Waals surface area (Å²) in [7, 11) is 5.04. The fraction of sp³-hybridized carbons (Fsp3) is 0.417. The highest BCUT2D eigenvalue weighted by Crippen LogP contribution is 2.24. The lowest BCUT2D eigenvalue weighted by Crippen LogP contribution is -2.25. The molecule has 0 aliphatic rings. The maximum atomic E-state index is 11.1. The third-order valence-corrected chi connectivity index (χ3v) is 2.27. The topological polar surface area (TPSA) is 59.6 Å². The van der Waals surface area contributed by atoms with E-state index in [9.17, 15) is 4.79 Å². The Labute approximate surface area is 101 Å². The van der Waals surface area contributed by atoms with Crippen molar-refractivity contribution in [3.8, 4) is 11.5 Å². The van der Waals surface area contributed by atoms with Crippen LogP contribution < -0.4 is 20.1 Å². The lowest BCUT2D eigenvalue weighted by Gasteiger charge is -2.12. The summed E-state index contributed by atoms with van der Waals surface area (Å²) < 4.78 is 10.6. The van der Waals surface area contributed by atoms with E-state index in [0.717, 1.165) is 11.3 Å². The van der Waals surface area contributed by atoms with Crippen LogP contribution in [0.3, 0.4) is 0 Å². The summed E-state index contributed by atoms with van der Waals surface area (Å²) in [5.41, 5.74) is 0.954. The van der Waals surface area contributed by atoms with Gasteiger partial charge in [0.15, 0.2) is 6.61 Å². The second-order valence-electron chi connectivity index (χ2n) is 3.47. The van der Waals surface area contributed by atoms with Crippen LogP contribution in [0.15, 0.2) is 18.2 Å². The minimum atomic E-state index is -0.156. The van der Waals surface area contributed by atoms with Crippen molar-refractivity contribution < 1.29 is 14.3 Å². The number of carbonyl (C=O) groups is 1. The number of benzene rings is 1. The zero-order valence-electron chi connectivity index (χ0n) is 10.4. The molecule has 5 nitrogen and oxygen atoms in total. The van der Waals surface area contributed by atoms with Gasteiger partial charge in [-0.15, -0.1) is 0 Å². The number of nitrogens with one attached hydrogen (secondary N) is 2. The molecule has 5 heteroatoms. The van der Waals surface area contributed by atoms with Crippen molar-refractivity contribution in [3.05, 3.63) is 23.8 Å². The molecule has 0 heterocycles. The van der Waals surface area contributed by atoms with Gasteiger partial charge in [0.2, 0.25) is 0 Å². The van der Waals surface area contributed by atoms with Crippen molar-refractivity contribution in [2.45, 2.75) is 6.54 Å². The zero-order chi connectivity index (χ0) is 12.7. The Bertz CT molecular complexity index is 380. The molecule has 17 heavy (non-hydrogen) atoms. The molecular weight excluding hydrogens is 220 g/mol. The molecule has 0 saturated heterocycles. The molecule has 94 valence electrons. The average molecular weight is 238 g/mol. The molecule has 0 unspecified atom stereocenters. The predicted molar refractivity (Wildman–Crippen MR) is 65.3 cm³/mol. The van der Waals surface area contributed by atoms with Gasteiger partial charge in [0.05, 0.1) is 7.11 Å². The van der Waals surface area contributed by atoms with Gasteiger partial charge in [-0.1, -0.05) is 0 Å². The first-order chi connectivity index (χ1) is 8.21. The molecule has 0 aliphatic heterocycles. The van der Waals surface area contributed by atoms with E-state index >= 15 is 0 Å². The molecular formula is C12H18N2O3. The van der Waals surface area contributed by atoms with Crippen LogP contribution in [0.4, 0.5) is 0 Å². The summed E-state index contributed by atoms with van der Waals surface area (Å²) in [5.74, 6) is 1.29. The van der Waals surface area contributed by atoms with Gasteiger partial charge >= 0.3 is 0 Å². The van der Waals surface area contributed by atoms with Crippen molar-refractivity contribution >= 4 is 5.91 Å². The average Bonchev–Trinajstić information content (AvgIpc) is 2.37. The third-order valence-electron chi connectivity index (χ3n) is 2.27. The summed E-state index contributed by atoms with van der Waals surface area (Å²) in [6.07, 6.45) is 0. The van der Waals surface area contributed by atoms with Crippen LogP contribution in [-0.4, -0.2) is 33.7 Å². The van der Waals surface area contributed by atoms with E-state index < -0.39 is 0 Å². The van der Waals surface area contributed by atoms with E-state index in [2.05, 4.69) is 10.6 Å². The van der Waals surface area contributed by atoms with E-state index in [4.69, 9.17) is 9.47 Å². The molecule has 0 atom stereocenters. The van der Waals surface area contributed by atoms with Crippen molar-refractivity contribution in [3.63, 3.8) is 0 Å². The number of carbonyl (C=O) groups excluding carboxylic acids is 1. The van der Waals surface area contributed by atoms with Crippen LogP contribution in [0.25, 0.3) is 0 Å². The van der Waals surface area contributed by atoms with E-state index in [0.29, 0.717) is 12.3 Å². The highest BCUT2D eigenvalue weighted by atomic mass is 16.5. The normalized spacial score (nSPS) is 9.82. The number of hydrogen-bond acceptors (Lipinski definition) is 4. The van der Waals surface area contributed by atoms with Crippen LogP contribution in [-0.2, 0) is 11.3 Å². The lowest BCUT2D eigenvalue weighted by molar-refractivity contribution is -0.122. The van der Waals surface area contributed by atoms with Crippen LogP contribution in [0.5, 0.6) is 11.5 Å². The van der Waals surface area contributed by atoms with Gasteiger partial charge in [0, 0.05) is 19.2 Å². The molecule has 0 spiro atoms. The van der Waals surface area contributed by atoms with Crippen LogP contribution >= 0.6 is 0 Å². The SMILES string of the molecule is CNCc1cc(OC)ccc1OCC(=O)NC. The Hall–Kier alpha value is -1.75. The molecule has 0 saturated carbocycles. The molecule has 1 aromatic carbocycles. The summed E-state index contributed by atoms with van der Waals surface area (Å²) >= 11 is 0. The smallest absolute Gasteiger partial charge is 0.257 e. The second kappa shape index (κ2) is 6.75. The Morgan fingerprint density at radius 3 is 2.71 bits per heavy atom. The summed E-state index contributed by atoms with van der Waals surface area (Å²) in [4.78, 5) is 11.1. The van der Waals surface area contributed by atoms with E-state index in [1.165, 1.54) is 0 Å². The van der Waals surface area contributed by atoms with Gasteiger partial charge in [-0.2, -0.15) is 0 Å². The third kappa shape index (κ3) is 3.96. The quantitative estimate of drug-likeness (QED) is 0.759. The largest absolute Gasteiger partial charge is 0.497 e. The maximum absolute atomic E-state index is 11.1. The molecule has 0 fully saturated rings. The van der Waals surface area contributed by atoms with Gasteiger partial charge in [-0.05, 0) is 25.2 Å². The first kappa shape index (κ1) is 13.3. The van der Waals surface area contributed by atoms with Gasteiger partial charge in [-0.3, -0.25) is 4.79 Å². The number of amides is 1. The molecule has 1 aromatic rings. The molecule has 2 N–H and O–H groups in total. The molecule has 0 radical (unpaired) electrons. The minimum absolute atomic E-state index is 0.0134.